The molecule has 0 bridgehead atoms. The predicted molar refractivity (Wildman–Crippen MR) is 66.9 cm³/mol. The van der Waals surface area contributed by atoms with Crippen molar-refractivity contribution < 1.29 is 4.74 Å². The summed E-state index contributed by atoms with van der Waals surface area (Å²) in [6, 6.07) is 4.10. The van der Waals surface area contributed by atoms with Gasteiger partial charge >= 0.3 is 0 Å². The Bertz CT molecular complexity index is 509. The van der Waals surface area contributed by atoms with Crippen LogP contribution in [0.1, 0.15) is 18.8 Å². The molecule has 4 nitrogen and oxygen atoms in total. The molecule has 1 atom stereocenters. The fraction of sp³-hybridized carbons (Fsp3) is 0.364. The Hall–Kier alpha value is -1.07. The molecule has 16 heavy (non-hydrogen) atoms. The van der Waals surface area contributed by atoms with E-state index in [1.807, 2.05) is 29.8 Å². The van der Waals surface area contributed by atoms with Crippen molar-refractivity contribution in [2.24, 2.45) is 0 Å². The quantitative estimate of drug-likeness (QED) is 0.940. The number of nitrogens with one attached hydrogen (secondary N) is 1. The molecule has 0 saturated heterocycles. The highest BCUT2D eigenvalue weighted by molar-refractivity contribution is 9.10. The minimum atomic E-state index is 0.186. The maximum absolute atomic E-state index is 5.22. The molecule has 0 spiro atoms. The molecule has 0 aromatic carbocycles. The minimum absolute atomic E-state index is 0.186. The highest BCUT2D eigenvalue weighted by atomic mass is 79.9. The third kappa shape index (κ3) is 1.81. The third-order valence-electron chi connectivity index (χ3n) is 2.65. The molecule has 86 valence electrons. The van der Waals surface area contributed by atoms with Crippen LogP contribution in [0.4, 0.5) is 0 Å². The van der Waals surface area contributed by atoms with Gasteiger partial charge in [0.05, 0.1) is 24.9 Å². The summed E-state index contributed by atoms with van der Waals surface area (Å²) in [7, 11) is 3.58. The predicted octanol–water partition coefficient (Wildman–Crippen LogP) is 2.39. The average molecular weight is 284 g/mol. The van der Waals surface area contributed by atoms with Gasteiger partial charge in [-0.25, -0.2) is 4.98 Å². The molecule has 2 aromatic heterocycles. The molecule has 2 rings (SSSR count). The van der Waals surface area contributed by atoms with Crippen LogP contribution in [-0.2, 0) is 0 Å². The van der Waals surface area contributed by atoms with Gasteiger partial charge in [-0.2, -0.15) is 0 Å². The van der Waals surface area contributed by atoms with Gasteiger partial charge in [0.2, 0.25) is 0 Å². The van der Waals surface area contributed by atoms with E-state index in [2.05, 4.69) is 33.2 Å². The van der Waals surface area contributed by atoms with Crippen LogP contribution in [0.3, 0.4) is 0 Å². The van der Waals surface area contributed by atoms with E-state index in [-0.39, 0.29) is 6.04 Å². The first-order valence-electron chi connectivity index (χ1n) is 5.06. The Kier molecular flexibility index (Phi) is 3.16. The number of hydrogen-bond donors (Lipinski definition) is 1. The van der Waals surface area contributed by atoms with Crippen LogP contribution in [0.25, 0.3) is 5.52 Å². The lowest BCUT2D eigenvalue weighted by atomic mass is 10.3. The Labute approximate surface area is 103 Å². The smallest absolute Gasteiger partial charge is 0.135 e. The van der Waals surface area contributed by atoms with E-state index in [1.165, 1.54) is 0 Å². The molecule has 0 amide bonds. The molecule has 0 saturated carbocycles. The lowest BCUT2D eigenvalue weighted by Gasteiger charge is -2.09. The Morgan fingerprint density at radius 3 is 2.88 bits per heavy atom. The van der Waals surface area contributed by atoms with Gasteiger partial charge in [-0.3, -0.25) is 4.40 Å². The maximum atomic E-state index is 5.22. The molecule has 1 N–H and O–H groups in total. The molecule has 5 heteroatoms. The van der Waals surface area contributed by atoms with Crippen molar-refractivity contribution in [3.8, 4) is 5.75 Å². The number of methoxy groups -OCH3 is 1. The van der Waals surface area contributed by atoms with Gasteiger partial charge in [-0.05, 0) is 42.0 Å². The summed E-state index contributed by atoms with van der Waals surface area (Å²) >= 11 is 3.46. The fourth-order valence-electron chi connectivity index (χ4n) is 1.61. The highest BCUT2D eigenvalue weighted by Gasteiger charge is 2.14. The largest absolute Gasteiger partial charge is 0.495 e. The van der Waals surface area contributed by atoms with E-state index in [9.17, 15) is 0 Å². The first kappa shape index (κ1) is 11.4. The number of hydrogen-bond acceptors (Lipinski definition) is 3. The van der Waals surface area contributed by atoms with Crippen LogP contribution in [-0.4, -0.2) is 23.5 Å². The standard InChI is InChI=1S/C11H14BrN3O/c1-7(13-2)11-14-10(12)9-5-4-8(16-3)6-15(9)11/h4-7,13H,1-3H3. The lowest BCUT2D eigenvalue weighted by molar-refractivity contribution is 0.412. The number of pyridine rings is 1. The molecule has 0 radical (unpaired) electrons. The Morgan fingerprint density at radius 2 is 2.25 bits per heavy atom. The van der Waals surface area contributed by atoms with Crippen LogP contribution < -0.4 is 10.1 Å². The maximum Gasteiger partial charge on any atom is 0.135 e. The van der Waals surface area contributed by atoms with E-state index in [1.54, 1.807) is 7.11 Å². The van der Waals surface area contributed by atoms with Crippen molar-refractivity contribution >= 4 is 21.4 Å². The van der Waals surface area contributed by atoms with Crippen molar-refractivity contribution in [2.75, 3.05) is 14.2 Å². The van der Waals surface area contributed by atoms with Crippen LogP contribution in [0.5, 0.6) is 5.75 Å². The molecule has 0 aliphatic heterocycles. The average Bonchev–Trinajstić information content (AvgIpc) is 2.65. The summed E-state index contributed by atoms with van der Waals surface area (Å²) in [5, 5.41) is 3.18. The summed E-state index contributed by atoms with van der Waals surface area (Å²) in [4.78, 5) is 4.50. The highest BCUT2D eigenvalue weighted by Crippen LogP contribution is 2.24. The summed E-state index contributed by atoms with van der Waals surface area (Å²) in [5.74, 6) is 1.78. The molecule has 2 aromatic rings. The number of fused-ring (bicyclic) bond motifs is 1. The van der Waals surface area contributed by atoms with Crippen molar-refractivity contribution in [2.45, 2.75) is 13.0 Å². The van der Waals surface area contributed by atoms with Crippen LogP contribution >= 0.6 is 15.9 Å². The molecular weight excluding hydrogens is 270 g/mol. The van der Waals surface area contributed by atoms with Gasteiger partial charge < -0.3 is 10.1 Å². The Balaban J connectivity index is 2.65. The molecule has 2 heterocycles. The van der Waals surface area contributed by atoms with Gasteiger partial charge in [0.15, 0.2) is 0 Å². The van der Waals surface area contributed by atoms with E-state index in [0.717, 1.165) is 21.7 Å². The van der Waals surface area contributed by atoms with Crippen molar-refractivity contribution in [3.05, 3.63) is 28.8 Å². The second-order valence-corrected chi connectivity index (χ2v) is 4.35. The number of nitrogens with zero attached hydrogens (tertiary/aromatic N) is 2. The summed E-state index contributed by atoms with van der Waals surface area (Å²) < 4.78 is 8.10. The number of aromatic nitrogens is 2. The van der Waals surface area contributed by atoms with Gasteiger partial charge in [0.1, 0.15) is 16.2 Å². The minimum Gasteiger partial charge on any atom is -0.495 e. The zero-order valence-corrected chi connectivity index (χ0v) is 11.1. The first-order valence-corrected chi connectivity index (χ1v) is 5.85. The first-order chi connectivity index (χ1) is 7.67. The fourth-order valence-corrected chi connectivity index (χ4v) is 2.11. The normalized spacial score (nSPS) is 13.0. The third-order valence-corrected chi connectivity index (χ3v) is 3.23. The molecule has 0 fully saturated rings. The summed E-state index contributed by atoms with van der Waals surface area (Å²) in [6.07, 6.45) is 1.94. The molecule has 1 unspecified atom stereocenters. The topological polar surface area (TPSA) is 38.6 Å². The van der Waals surface area contributed by atoms with E-state index in [4.69, 9.17) is 4.74 Å². The SMILES string of the molecule is CNC(C)c1nc(Br)c2ccc(OC)cn12. The van der Waals surface area contributed by atoms with E-state index in [0.29, 0.717) is 0 Å². The second kappa shape index (κ2) is 4.43. The lowest BCUT2D eigenvalue weighted by Crippen LogP contribution is -2.15. The zero-order valence-electron chi connectivity index (χ0n) is 9.49. The molecule has 0 aliphatic rings. The number of rotatable bonds is 3. The monoisotopic (exact) mass is 283 g/mol. The Morgan fingerprint density at radius 1 is 1.50 bits per heavy atom. The van der Waals surface area contributed by atoms with E-state index < -0.39 is 0 Å². The number of ether oxygens (including phenoxy) is 1. The molecular formula is C11H14BrN3O. The summed E-state index contributed by atoms with van der Waals surface area (Å²) in [6.45, 7) is 2.07. The van der Waals surface area contributed by atoms with Gasteiger partial charge in [-0.1, -0.05) is 0 Å². The van der Waals surface area contributed by atoms with Crippen molar-refractivity contribution in [3.63, 3.8) is 0 Å². The summed E-state index contributed by atoms with van der Waals surface area (Å²) in [5.41, 5.74) is 1.04. The van der Waals surface area contributed by atoms with Crippen molar-refractivity contribution in [1.29, 1.82) is 0 Å². The number of imidazole rings is 1. The van der Waals surface area contributed by atoms with E-state index >= 15 is 0 Å². The van der Waals surface area contributed by atoms with Crippen LogP contribution in [0, 0.1) is 0 Å². The molecule has 0 aliphatic carbocycles. The van der Waals surface area contributed by atoms with Crippen molar-refractivity contribution in [1.82, 2.24) is 14.7 Å². The van der Waals surface area contributed by atoms with Crippen LogP contribution in [0.15, 0.2) is 22.9 Å². The van der Waals surface area contributed by atoms with Crippen LogP contribution in [0.2, 0.25) is 0 Å². The zero-order chi connectivity index (χ0) is 11.7. The van der Waals surface area contributed by atoms with Gasteiger partial charge in [0.25, 0.3) is 0 Å². The second-order valence-electron chi connectivity index (χ2n) is 3.60. The van der Waals surface area contributed by atoms with Gasteiger partial charge in [0, 0.05) is 0 Å². The number of halogens is 1. The van der Waals surface area contributed by atoms with Gasteiger partial charge in [-0.15, -0.1) is 0 Å².